The summed E-state index contributed by atoms with van der Waals surface area (Å²) in [5.74, 6) is 1.46. The minimum Gasteiger partial charge on any atom is -0.314 e. The van der Waals surface area contributed by atoms with Gasteiger partial charge in [0.1, 0.15) is 0 Å². The van der Waals surface area contributed by atoms with Crippen molar-refractivity contribution in [1.82, 2.24) is 14.3 Å². The molecule has 0 unspecified atom stereocenters. The molecular formula is C12H25N3O2S2. The normalized spacial score (nSPS) is 22.8. The van der Waals surface area contributed by atoms with Crippen molar-refractivity contribution in [2.75, 3.05) is 38.2 Å². The van der Waals surface area contributed by atoms with Crippen LogP contribution in [0, 0.1) is 5.92 Å². The molecule has 0 aromatic rings. The van der Waals surface area contributed by atoms with Crippen molar-refractivity contribution in [2.45, 2.75) is 31.7 Å². The molecular weight excluding hydrogens is 282 g/mol. The molecule has 19 heavy (non-hydrogen) atoms. The van der Waals surface area contributed by atoms with Crippen LogP contribution in [-0.2, 0) is 10.2 Å². The maximum Gasteiger partial charge on any atom is 0.279 e. The van der Waals surface area contributed by atoms with Crippen molar-refractivity contribution in [1.29, 1.82) is 0 Å². The lowest BCUT2D eigenvalue weighted by Crippen LogP contribution is -2.46. The molecule has 5 nitrogen and oxygen atoms in total. The van der Waals surface area contributed by atoms with E-state index in [0.717, 1.165) is 31.2 Å². The summed E-state index contributed by atoms with van der Waals surface area (Å²) in [5, 5.41) is 3.54. The van der Waals surface area contributed by atoms with E-state index in [0.29, 0.717) is 25.6 Å². The number of thioether (sulfide) groups is 1. The molecule has 0 bridgehead atoms. The predicted molar refractivity (Wildman–Crippen MR) is 80.6 cm³/mol. The van der Waals surface area contributed by atoms with Crippen LogP contribution in [0.2, 0.25) is 0 Å². The highest BCUT2D eigenvalue weighted by Gasteiger charge is 2.28. The second-order valence-corrected chi connectivity index (χ2v) is 8.16. The Labute approximate surface area is 121 Å². The van der Waals surface area contributed by atoms with Crippen LogP contribution >= 0.6 is 11.8 Å². The molecule has 0 aromatic carbocycles. The maximum atomic E-state index is 12.0. The van der Waals surface area contributed by atoms with Crippen molar-refractivity contribution in [3.8, 4) is 0 Å². The number of rotatable bonds is 8. The standard InChI is InChI=1S/C12H25N3O2S2/c1-18-9-6-14-19(16,17)15-7-4-11(5-8-15)10-13-12-2-3-12/h11-14H,2-10H2,1H3. The third kappa shape index (κ3) is 5.23. The van der Waals surface area contributed by atoms with E-state index in [4.69, 9.17) is 0 Å². The zero-order valence-corrected chi connectivity index (χ0v) is 13.2. The van der Waals surface area contributed by atoms with Crippen LogP contribution in [0.25, 0.3) is 0 Å². The van der Waals surface area contributed by atoms with Crippen LogP contribution in [0.4, 0.5) is 0 Å². The fourth-order valence-electron chi connectivity index (χ4n) is 2.34. The summed E-state index contributed by atoms with van der Waals surface area (Å²) >= 11 is 1.65. The molecule has 1 saturated heterocycles. The Hall–Kier alpha value is 0.180. The zero-order valence-electron chi connectivity index (χ0n) is 11.6. The summed E-state index contributed by atoms with van der Waals surface area (Å²) in [6.45, 7) is 2.89. The average Bonchev–Trinajstić information content (AvgIpc) is 3.21. The molecule has 1 saturated carbocycles. The van der Waals surface area contributed by atoms with Gasteiger partial charge in [-0.3, -0.25) is 0 Å². The predicted octanol–water partition coefficient (Wildman–Crippen LogP) is 0.648. The minimum atomic E-state index is -3.25. The van der Waals surface area contributed by atoms with Gasteiger partial charge in [0.15, 0.2) is 0 Å². The Balaban J connectivity index is 1.68. The Morgan fingerprint density at radius 3 is 2.47 bits per heavy atom. The monoisotopic (exact) mass is 307 g/mol. The molecule has 0 atom stereocenters. The Bertz CT molecular complexity index is 363. The SMILES string of the molecule is CSCCNS(=O)(=O)N1CCC(CNC2CC2)CC1. The first-order valence-corrected chi connectivity index (χ1v) is 9.92. The fraction of sp³-hybridized carbons (Fsp3) is 1.00. The first kappa shape index (κ1) is 15.6. The molecule has 2 fully saturated rings. The lowest BCUT2D eigenvalue weighted by molar-refractivity contribution is 0.265. The fourth-order valence-corrected chi connectivity index (χ4v) is 4.01. The number of piperidine rings is 1. The molecule has 2 rings (SSSR count). The highest BCUT2D eigenvalue weighted by Crippen LogP contribution is 2.22. The molecule has 1 aliphatic heterocycles. The van der Waals surface area contributed by atoms with Gasteiger partial charge in [-0.25, -0.2) is 4.72 Å². The van der Waals surface area contributed by atoms with E-state index in [-0.39, 0.29) is 0 Å². The van der Waals surface area contributed by atoms with Gasteiger partial charge in [0.25, 0.3) is 10.2 Å². The molecule has 1 aliphatic carbocycles. The van der Waals surface area contributed by atoms with Crippen LogP contribution in [0.15, 0.2) is 0 Å². The lowest BCUT2D eigenvalue weighted by atomic mass is 9.98. The summed E-state index contributed by atoms with van der Waals surface area (Å²) < 4.78 is 28.3. The Morgan fingerprint density at radius 1 is 1.21 bits per heavy atom. The summed E-state index contributed by atoms with van der Waals surface area (Å²) in [7, 11) is -3.25. The number of nitrogens with zero attached hydrogens (tertiary/aromatic N) is 1. The van der Waals surface area contributed by atoms with Crippen LogP contribution in [0.3, 0.4) is 0 Å². The summed E-state index contributed by atoms with van der Waals surface area (Å²) in [6.07, 6.45) is 6.55. The van der Waals surface area contributed by atoms with Crippen molar-refractivity contribution >= 4 is 22.0 Å². The largest absolute Gasteiger partial charge is 0.314 e. The number of hydrogen-bond acceptors (Lipinski definition) is 4. The van der Waals surface area contributed by atoms with E-state index in [2.05, 4.69) is 10.0 Å². The van der Waals surface area contributed by atoms with E-state index in [1.54, 1.807) is 16.1 Å². The van der Waals surface area contributed by atoms with Crippen LogP contribution in [-0.4, -0.2) is 57.0 Å². The van der Waals surface area contributed by atoms with Gasteiger partial charge in [-0.05, 0) is 44.4 Å². The molecule has 0 amide bonds. The van der Waals surface area contributed by atoms with E-state index >= 15 is 0 Å². The first-order chi connectivity index (χ1) is 9.12. The van der Waals surface area contributed by atoms with Crippen molar-refractivity contribution in [2.24, 2.45) is 5.92 Å². The average molecular weight is 307 g/mol. The smallest absolute Gasteiger partial charge is 0.279 e. The van der Waals surface area contributed by atoms with Gasteiger partial charge in [-0.2, -0.15) is 24.5 Å². The van der Waals surface area contributed by atoms with Gasteiger partial charge < -0.3 is 5.32 Å². The first-order valence-electron chi connectivity index (χ1n) is 7.09. The second kappa shape index (κ2) is 7.26. The minimum absolute atomic E-state index is 0.521. The molecule has 2 N–H and O–H groups in total. The maximum absolute atomic E-state index is 12.0. The van der Waals surface area contributed by atoms with Gasteiger partial charge >= 0.3 is 0 Å². The summed E-state index contributed by atoms with van der Waals surface area (Å²) in [6, 6.07) is 0.745. The van der Waals surface area contributed by atoms with Crippen LogP contribution in [0.5, 0.6) is 0 Å². The van der Waals surface area contributed by atoms with Crippen molar-refractivity contribution in [3.05, 3.63) is 0 Å². The van der Waals surface area contributed by atoms with Crippen molar-refractivity contribution in [3.63, 3.8) is 0 Å². The molecule has 7 heteroatoms. The lowest BCUT2D eigenvalue weighted by Gasteiger charge is -2.31. The summed E-state index contributed by atoms with van der Waals surface area (Å²) in [5.41, 5.74) is 0. The Morgan fingerprint density at radius 2 is 1.89 bits per heavy atom. The highest BCUT2D eigenvalue weighted by atomic mass is 32.2. The van der Waals surface area contributed by atoms with Gasteiger partial charge in [0.2, 0.25) is 0 Å². The highest BCUT2D eigenvalue weighted by molar-refractivity contribution is 7.98. The van der Waals surface area contributed by atoms with Crippen LogP contribution < -0.4 is 10.0 Å². The van der Waals surface area contributed by atoms with E-state index < -0.39 is 10.2 Å². The summed E-state index contributed by atoms with van der Waals surface area (Å²) in [4.78, 5) is 0. The molecule has 0 radical (unpaired) electrons. The van der Waals surface area contributed by atoms with Crippen LogP contribution in [0.1, 0.15) is 25.7 Å². The molecule has 2 aliphatic rings. The van der Waals surface area contributed by atoms with Crippen molar-refractivity contribution < 1.29 is 8.42 Å². The van der Waals surface area contributed by atoms with Gasteiger partial charge in [-0.1, -0.05) is 0 Å². The molecule has 112 valence electrons. The molecule has 1 heterocycles. The topological polar surface area (TPSA) is 61.4 Å². The van der Waals surface area contributed by atoms with E-state index in [1.807, 2.05) is 6.26 Å². The van der Waals surface area contributed by atoms with Gasteiger partial charge in [0, 0.05) is 31.4 Å². The number of hydrogen-bond donors (Lipinski definition) is 2. The van der Waals surface area contributed by atoms with Gasteiger partial charge in [-0.15, -0.1) is 0 Å². The third-order valence-corrected chi connectivity index (χ3v) is 6.00. The Kier molecular flexibility index (Phi) is 5.95. The third-order valence-electron chi connectivity index (χ3n) is 3.78. The van der Waals surface area contributed by atoms with Gasteiger partial charge in [0.05, 0.1) is 0 Å². The zero-order chi connectivity index (χ0) is 13.7. The molecule has 0 spiro atoms. The molecule has 0 aromatic heterocycles. The quantitative estimate of drug-likeness (QED) is 0.646. The second-order valence-electron chi connectivity index (χ2n) is 5.42. The number of nitrogens with one attached hydrogen (secondary N) is 2. The van der Waals surface area contributed by atoms with E-state index in [9.17, 15) is 8.42 Å². The van der Waals surface area contributed by atoms with E-state index in [1.165, 1.54) is 12.8 Å².